The maximum Gasteiger partial charge on any atom is 0.338 e. The first-order valence-corrected chi connectivity index (χ1v) is 6.42. The molecule has 1 rings (SSSR count). The molecule has 0 aliphatic carbocycles. The molecule has 0 amide bonds. The van der Waals surface area contributed by atoms with E-state index in [0.717, 1.165) is 19.3 Å². The van der Waals surface area contributed by atoms with E-state index in [1.54, 1.807) is 0 Å². The molecule has 1 heterocycles. The van der Waals surface area contributed by atoms with Crippen molar-refractivity contribution in [1.29, 1.82) is 0 Å². The van der Waals surface area contributed by atoms with Crippen molar-refractivity contribution in [3.63, 3.8) is 0 Å². The number of hydrogen-bond donors (Lipinski definition) is 0. The molecule has 1 fully saturated rings. The van der Waals surface area contributed by atoms with Crippen LogP contribution in [0.25, 0.3) is 0 Å². The second kappa shape index (κ2) is 5.67. The molecule has 0 radical (unpaired) electrons. The first-order chi connectivity index (χ1) is 7.86. The van der Waals surface area contributed by atoms with E-state index in [2.05, 4.69) is 6.92 Å². The molecular weight excluding hydrogens is 216 g/mol. The largest absolute Gasteiger partial charge is 0.432 e. The minimum atomic E-state index is -0.451. The van der Waals surface area contributed by atoms with Gasteiger partial charge in [-0.3, -0.25) is 0 Å². The van der Waals surface area contributed by atoms with Gasteiger partial charge in [0.05, 0.1) is 11.7 Å². The van der Waals surface area contributed by atoms with E-state index in [1.165, 1.54) is 0 Å². The lowest BCUT2D eigenvalue weighted by molar-refractivity contribution is -0.225. The van der Waals surface area contributed by atoms with E-state index in [-0.39, 0.29) is 17.5 Å². The molecule has 0 aromatic rings. The number of rotatable bonds is 3. The first kappa shape index (κ1) is 14.2. The maximum absolute atomic E-state index is 11.9. The van der Waals surface area contributed by atoms with Crippen molar-refractivity contribution in [3.8, 4) is 0 Å². The molecule has 0 bridgehead atoms. The highest BCUT2D eigenvalue weighted by atomic mass is 16.7. The molecule has 1 aliphatic rings. The summed E-state index contributed by atoms with van der Waals surface area (Å²) >= 11 is 0. The molecule has 1 aliphatic heterocycles. The van der Waals surface area contributed by atoms with Crippen LogP contribution in [0.2, 0.25) is 0 Å². The van der Waals surface area contributed by atoms with Gasteiger partial charge in [0.2, 0.25) is 6.29 Å². The van der Waals surface area contributed by atoms with Crippen LogP contribution in [-0.4, -0.2) is 18.4 Å². The van der Waals surface area contributed by atoms with Crippen molar-refractivity contribution >= 4 is 5.97 Å². The van der Waals surface area contributed by atoms with E-state index in [4.69, 9.17) is 9.47 Å². The lowest BCUT2D eigenvalue weighted by Gasteiger charge is -2.36. The van der Waals surface area contributed by atoms with Gasteiger partial charge in [-0.1, -0.05) is 46.6 Å². The van der Waals surface area contributed by atoms with Crippen molar-refractivity contribution in [2.24, 2.45) is 5.41 Å². The van der Waals surface area contributed by atoms with Gasteiger partial charge < -0.3 is 9.47 Å². The third kappa shape index (κ3) is 3.84. The normalized spacial score (nSPS) is 28.3. The molecule has 0 spiro atoms. The Bertz CT molecular complexity index is 299. The summed E-state index contributed by atoms with van der Waals surface area (Å²) in [5, 5.41) is 0. The molecule has 17 heavy (non-hydrogen) atoms. The fourth-order valence-electron chi connectivity index (χ4n) is 1.71. The second-order valence-electron chi connectivity index (χ2n) is 5.68. The summed E-state index contributed by atoms with van der Waals surface area (Å²) in [4.78, 5) is 11.9. The standard InChI is InChI=1S/C14H24O3/c1-6-7-8-9-11-10(2)16-13(14(3,4)5)17-12(11)15/h9-10,13H,6-8H2,1-5H3/b11-9+/t10-,13-/m1/s1. The van der Waals surface area contributed by atoms with Gasteiger partial charge in [-0.2, -0.15) is 0 Å². The van der Waals surface area contributed by atoms with Gasteiger partial charge in [0, 0.05) is 5.41 Å². The van der Waals surface area contributed by atoms with E-state index in [9.17, 15) is 4.79 Å². The van der Waals surface area contributed by atoms with Crippen LogP contribution in [0.1, 0.15) is 53.9 Å². The third-order valence-corrected chi connectivity index (χ3v) is 2.84. The Labute approximate surface area is 104 Å². The average Bonchev–Trinajstić information content (AvgIpc) is 2.20. The summed E-state index contributed by atoms with van der Waals surface area (Å²) in [6.07, 6.45) is 4.46. The molecule has 1 saturated heterocycles. The molecule has 0 saturated carbocycles. The number of cyclic esters (lactones) is 1. The number of carbonyl (C=O) groups excluding carboxylic acids is 1. The summed E-state index contributed by atoms with van der Waals surface area (Å²) in [6.45, 7) is 10.1. The van der Waals surface area contributed by atoms with E-state index in [0.29, 0.717) is 5.57 Å². The van der Waals surface area contributed by atoms with Gasteiger partial charge in [0.15, 0.2) is 0 Å². The first-order valence-electron chi connectivity index (χ1n) is 6.42. The summed E-state index contributed by atoms with van der Waals surface area (Å²) in [7, 11) is 0. The Morgan fingerprint density at radius 2 is 2.00 bits per heavy atom. The van der Waals surface area contributed by atoms with E-state index in [1.807, 2.05) is 33.8 Å². The smallest absolute Gasteiger partial charge is 0.338 e. The summed E-state index contributed by atoms with van der Waals surface area (Å²) in [6, 6.07) is 0. The Morgan fingerprint density at radius 1 is 1.35 bits per heavy atom. The number of hydrogen-bond acceptors (Lipinski definition) is 3. The van der Waals surface area contributed by atoms with Gasteiger partial charge in [0.25, 0.3) is 0 Å². The predicted molar refractivity (Wildman–Crippen MR) is 67.5 cm³/mol. The zero-order valence-electron chi connectivity index (χ0n) is 11.6. The van der Waals surface area contributed by atoms with Crippen LogP contribution in [0.15, 0.2) is 11.6 Å². The van der Waals surface area contributed by atoms with Crippen LogP contribution in [-0.2, 0) is 14.3 Å². The molecule has 0 aromatic carbocycles. The Kier molecular flexibility index (Phi) is 4.75. The monoisotopic (exact) mass is 240 g/mol. The molecule has 3 nitrogen and oxygen atoms in total. The zero-order valence-corrected chi connectivity index (χ0v) is 11.6. The molecular formula is C14H24O3. The zero-order chi connectivity index (χ0) is 13.1. The Balaban J connectivity index is 2.69. The van der Waals surface area contributed by atoms with Gasteiger partial charge in [-0.25, -0.2) is 4.79 Å². The molecule has 3 heteroatoms. The van der Waals surface area contributed by atoms with Crippen LogP contribution in [0.4, 0.5) is 0 Å². The predicted octanol–water partition coefficient (Wildman–Crippen LogP) is 3.44. The van der Waals surface area contributed by atoms with Crippen molar-refractivity contribution in [2.45, 2.75) is 66.3 Å². The highest BCUT2D eigenvalue weighted by Gasteiger charge is 2.37. The molecule has 0 unspecified atom stereocenters. The van der Waals surface area contributed by atoms with Crippen LogP contribution in [0.3, 0.4) is 0 Å². The van der Waals surface area contributed by atoms with Gasteiger partial charge in [-0.05, 0) is 13.3 Å². The lowest BCUT2D eigenvalue weighted by atomic mass is 9.94. The molecule has 0 N–H and O–H groups in total. The minimum Gasteiger partial charge on any atom is -0.432 e. The summed E-state index contributed by atoms with van der Waals surface area (Å²) in [5.74, 6) is -0.222. The van der Waals surface area contributed by atoms with Crippen LogP contribution in [0, 0.1) is 5.41 Å². The van der Waals surface area contributed by atoms with Gasteiger partial charge in [0.1, 0.15) is 0 Å². The van der Waals surface area contributed by atoms with Crippen LogP contribution < -0.4 is 0 Å². The van der Waals surface area contributed by atoms with Crippen molar-refractivity contribution in [1.82, 2.24) is 0 Å². The van der Waals surface area contributed by atoms with Crippen molar-refractivity contribution in [2.75, 3.05) is 0 Å². The highest BCUT2D eigenvalue weighted by molar-refractivity contribution is 5.90. The minimum absolute atomic E-state index is 0.169. The van der Waals surface area contributed by atoms with Crippen LogP contribution >= 0.6 is 0 Å². The number of ether oxygens (including phenoxy) is 2. The summed E-state index contributed by atoms with van der Waals surface area (Å²) in [5.41, 5.74) is 0.484. The van der Waals surface area contributed by atoms with E-state index < -0.39 is 6.29 Å². The lowest BCUT2D eigenvalue weighted by Crippen LogP contribution is -2.43. The molecule has 2 atom stereocenters. The number of carbonyl (C=O) groups is 1. The van der Waals surface area contributed by atoms with Gasteiger partial charge >= 0.3 is 5.97 Å². The Morgan fingerprint density at radius 3 is 2.47 bits per heavy atom. The SMILES string of the molecule is CCCC/C=C1/C(=O)O[C@H](C(C)(C)C)O[C@@H]1C. The average molecular weight is 240 g/mol. The summed E-state index contributed by atoms with van der Waals surface area (Å²) < 4.78 is 11.1. The third-order valence-electron chi connectivity index (χ3n) is 2.84. The number of unbranched alkanes of at least 4 members (excludes halogenated alkanes) is 2. The van der Waals surface area contributed by atoms with Crippen molar-refractivity contribution < 1.29 is 14.3 Å². The topological polar surface area (TPSA) is 35.5 Å². The fraction of sp³-hybridized carbons (Fsp3) is 0.786. The number of allylic oxidation sites excluding steroid dienone is 1. The quantitative estimate of drug-likeness (QED) is 0.430. The van der Waals surface area contributed by atoms with Crippen molar-refractivity contribution in [3.05, 3.63) is 11.6 Å². The molecule has 0 aromatic heterocycles. The Hall–Kier alpha value is -0.830. The highest BCUT2D eigenvalue weighted by Crippen LogP contribution is 2.31. The van der Waals surface area contributed by atoms with Gasteiger partial charge in [-0.15, -0.1) is 0 Å². The second-order valence-corrected chi connectivity index (χ2v) is 5.68. The fourth-order valence-corrected chi connectivity index (χ4v) is 1.71. The van der Waals surface area contributed by atoms with Crippen LogP contribution in [0.5, 0.6) is 0 Å². The molecule has 98 valence electrons. The van der Waals surface area contributed by atoms with E-state index >= 15 is 0 Å². The number of esters is 1. The maximum atomic E-state index is 11.9.